The summed E-state index contributed by atoms with van der Waals surface area (Å²) in [5, 5.41) is 4.44. The molecule has 0 bridgehead atoms. The number of nitrogen functional groups attached to an aromatic ring is 1. The van der Waals surface area contributed by atoms with Gasteiger partial charge in [-0.15, -0.1) is 0 Å². The van der Waals surface area contributed by atoms with Gasteiger partial charge in [-0.25, -0.2) is 9.97 Å². The molecule has 2 aromatic heterocycles. The molecule has 0 spiro atoms. The lowest BCUT2D eigenvalue weighted by Crippen LogP contribution is -2.32. The molecule has 9 heteroatoms. The Morgan fingerprint density at radius 2 is 1.86 bits per heavy atom. The third-order valence-corrected chi connectivity index (χ3v) is 6.33. The summed E-state index contributed by atoms with van der Waals surface area (Å²) in [6.07, 6.45) is 3.84. The molecule has 0 aliphatic heterocycles. The Balaban J connectivity index is 1.55. The molecule has 0 atom stereocenters. The second kappa shape index (κ2) is 11.3. The van der Waals surface area contributed by atoms with E-state index in [0.717, 1.165) is 47.5 Å². The minimum atomic E-state index is 0.471. The zero-order chi connectivity index (χ0) is 25.7. The number of rotatable bonds is 11. The van der Waals surface area contributed by atoms with Gasteiger partial charge in [0.2, 0.25) is 5.95 Å². The summed E-state index contributed by atoms with van der Waals surface area (Å²) in [6.45, 7) is 3.29. The largest absolute Gasteiger partial charge is 0.494 e. The van der Waals surface area contributed by atoms with Crippen molar-refractivity contribution < 1.29 is 9.47 Å². The molecule has 3 N–H and O–H groups in total. The average molecular weight is 490 g/mol. The van der Waals surface area contributed by atoms with Crippen molar-refractivity contribution in [2.45, 2.75) is 0 Å². The second-order valence-corrected chi connectivity index (χ2v) is 8.89. The van der Waals surface area contributed by atoms with Gasteiger partial charge in [0.25, 0.3) is 0 Å². The molecule has 9 nitrogen and oxygen atoms in total. The fourth-order valence-corrected chi connectivity index (χ4v) is 4.22. The number of nitrogens with zero attached hydrogens (tertiary/aromatic N) is 5. The van der Waals surface area contributed by atoms with Gasteiger partial charge in [-0.1, -0.05) is 18.2 Å². The highest BCUT2D eigenvalue weighted by Gasteiger charge is 2.15. The number of nitrogens with one attached hydrogen (secondary N) is 1. The molecular weight excluding hydrogens is 454 g/mol. The van der Waals surface area contributed by atoms with Crippen molar-refractivity contribution >= 4 is 33.9 Å². The molecule has 0 aliphatic carbocycles. The average Bonchev–Trinajstić information content (AvgIpc) is 3.23. The maximum absolute atomic E-state index is 6.46. The summed E-state index contributed by atoms with van der Waals surface area (Å²) in [5.41, 5.74) is 11.8. The van der Waals surface area contributed by atoms with Crippen LogP contribution in [0.4, 0.5) is 23.0 Å². The lowest BCUT2D eigenvalue weighted by molar-refractivity contribution is 0.162. The summed E-state index contributed by atoms with van der Waals surface area (Å²) in [4.78, 5) is 13.6. The fraction of sp³-hybridized carbons (Fsp3) is 0.333. The van der Waals surface area contributed by atoms with Crippen LogP contribution in [0.3, 0.4) is 0 Å². The van der Waals surface area contributed by atoms with Crippen LogP contribution in [0, 0.1) is 0 Å². The first-order valence-electron chi connectivity index (χ1n) is 11.9. The fourth-order valence-electron chi connectivity index (χ4n) is 4.22. The van der Waals surface area contributed by atoms with Crippen LogP contribution in [0.15, 0.2) is 54.9 Å². The summed E-state index contributed by atoms with van der Waals surface area (Å²) < 4.78 is 13.0. The minimum Gasteiger partial charge on any atom is -0.494 e. The number of anilines is 4. The number of hydrogen-bond donors (Lipinski definition) is 2. The quantitative estimate of drug-likeness (QED) is 0.306. The topological polar surface area (TPSA) is 93.7 Å². The Morgan fingerprint density at radius 3 is 2.64 bits per heavy atom. The van der Waals surface area contributed by atoms with Gasteiger partial charge in [0.15, 0.2) is 0 Å². The second-order valence-electron chi connectivity index (χ2n) is 8.89. The van der Waals surface area contributed by atoms with E-state index < -0.39 is 0 Å². The van der Waals surface area contributed by atoms with Crippen molar-refractivity contribution in [3.63, 3.8) is 0 Å². The lowest BCUT2D eigenvalue weighted by atomic mass is 10.1. The molecule has 0 aliphatic rings. The van der Waals surface area contributed by atoms with Gasteiger partial charge in [0.1, 0.15) is 5.75 Å². The Labute approximate surface area is 212 Å². The highest BCUT2D eigenvalue weighted by molar-refractivity contribution is 5.95. The predicted molar refractivity (Wildman–Crippen MR) is 147 cm³/mol. The molecule has 0 radical (unpaired) electrons. The van der Waals surface area contributed by atoms with Gasteiger partial charge >= 0.3 is 0 Å². The number of fused-ring (bicyclic) bond motifs is 1. The maximum Gasteiger partial charge on any atom is 0.227 e. The van der Waals surface area contributed by atoms with Gasteiger partial charge in [-0.05, 0) is 25.2 Å². The smallest absolute Gasteiger partial charge is 0.227 e. The van der Waals surface area contributed by atoms with Gasteiger partial charge in [-0.3, -0.25) is 0 Å². The minimum absolute atomic E-state index is 0.471. The standard InChI is InChI=1S/C27H35N7O2/c1-32(14-15-35-4)12-13-33(2)25-17-26(36-5)23(16-21(25)28)31-27-29-11-10-22(30-27)20-18-34(3)24-9-7-6-8-19(20)24/h6-11,16-18H,12-15,28H2,1-5H3,(H,29,30,31). The lowest BCUT2D eigenvalue weighted by Gasteiger charge is -2.25. The van der Waals surface area contributed by atoms with Crippen molar-refractivity contribution in [2.75, 3.05) is 70.5 Å². The number of aromatic nitrogens is 3. The van der Waals surface area contributed by atoms with Crippen molar-refractivity contribution in [2.24, 2.45) is 7.05 Å². The molecule has 0 saturated carbocycles. The molecule has 2 aromatic carbocycles. The van der Waals surface area contributed by atoms with Crippen LogP contribution >= 0.6 is 0 Å². The predicted octanol–water partition coefficient (Wildman–Crippen LogP) is 3.98. The number of benzene rings is 2. The zero-order valence-electron chi connectivity index (χ0n) is 21.7. The normalized spacial score (nSPS) is 11.3. The number of hydrogen-bond acceptors (Lipinski definition) is 8. The number of aryl methyl sites for hydroxylation is 1. The SMILES string of the molecule is COCCN(C)CCN(C)c1cc(OC)c(Nc2nccc(-c3cn(C)c4ccccc34)n2)cc1N. The molecule has 36 heavy (non-hydrogen) atoms. The first-order valence-corrected chi connectivity index (χ1v) is 11.9. The molecule has 4 rings (SSSR count). The Bertz CT molecular complexity index is 1320. The maximum atomic E-state index is 6.46. The highest BCUT2D eigenvalue weighted by atomic mass is 16.5. The molecule has 0 amide bonds. The van der Waals surface area contributed by atoms with Crippen LogP contribution in [0.1, 0.15) is 0 Å². The Kier molecular flexibility index (Phi) is 7.92. The number of nitrogens with two attached hydrogens (primary N) is 1. The number of likely N-dealkylation sites (N-methyl/N-ethyl adjacent to an activating group) is 2. The van der Waals surface area contributed by atoms with Crippen LogP contribution in [0.2, 0.25) is 0 Å². The number of ether oxygens (including phenoxy) is 2. The van der Waals surface area contributed by atoms with Crippen LogP contribution < -0.4 is 20.7 Å². The monoisotopic (exact) mass is 489 g/mol. The van der Waals surface area contributed by atoms with Crippen LogP contribution in [0.25, 0.3) is 22.2 Å². The van der Waals surface area contributed by atoms with Crippen molar-refractivity contribution in [1.82, 2.24) is 19.4 Å². The van der Waals surface area contributed by atoms with E-state index >= 15 is 0 Å². The highest BCUT2D eigenvalue weighted by Crippen LogP contribution is 2.36. The van der Waals surface area contributed by atoms with E-state index in [-0.39, 0.29) is 0 Å². The third-order valence-electron chi connectivity index (χ3n) is 6.33. The van der Waals surface area contributed by atoms with E-state index in [2.05, 4.69) is 50.0 Å². The summed E-state index contributed by atoms with van der Waals surface area (Å²) >= 11 is 0. The third kappa shape index (κ3) is 5.53. The molecule has 0 saturated heterocycles. The van der Waals surface area contributed by atoms with E-state index in [0.29, 0.717) is 29.7 Å². The Hall–Kier alpha value is -3.82. The first kappa shape index (κ1) is 25.3. The molecule has 0 fully saturated rings. The van der Waals surface area contributed by atoms with Crippen LogP contribution in [-0.2, 0) is 11.8 Å². The van der Waals surface area contributed by atoms with Gasteiger partial charge in [0.05, 0.1) is 36.5 Å². The molecule has 2 heterocycles. The zero-order valence-corrected chi connectivity index (χ0v) is 21.7. The number of para-hydroxylation sites is 1. The van der Waals surface area contributed by atoms with E-state index in [4.69, 9.17) is 20.2 Å². The van der Waals surface area contributed by atoms with E-state index in [1.807, 2.05) is 44.4 Å². The molecule has 190 valence electrons. The summed E-state index contributed by atoms with van der Waals surface area (Å²) in [6, 6.07) is 14.0. The molecular formula is C27H35N7O2. The molecule has 0 unspecified atom stereocenters. The van der Waals surface area contributed by atoms with E-state index in [1.165, 1.54) is 0 Å². The first-order chi connectivity index (χ1) is 17.4. The van der Waals surface area contributed by atoms with Crippen LogP contribution in [0.5, 0.6) is 5.75 Å². The van der Waals surface area contributed by atoms with Gasteiger partial charge in [0, 0.05) is 75.8 Å². The van der Waals surface area contributed by atoms with E-state index in [1.54, 1.807) is 20.4 Å². The molecule has 4 aromatic rings. The number of methoxy groups -OCH3 is 2. The van der Waals surface area contributed by atoms with Crippen molar-refractivity contribution in [1.29, 1.82) is 0 Å². The summed E-state index contributed by atoms with van der Waals surface area (Å²) in [5.74, 6) is 1.14. The van der Waals surface area contributed by atoms with Gasteiger partial charge < -0.3 is 34.9 Å². The Morgan fingerprint density at radius 1 is 1.06 bits per heavy atom. The summed E-state index contributed by atoms with van der Waals surface area (Å²) in [7, 11) is 9.51. The van der Waals surface area contributed by atoms with Crippen molar-refractivity contribution in [3.05, 3.63) is 54.9 Å². The van der Waals surface area contributed by atoms with Crippen molar-refractivity contribution in [3.8, 4) is 17.0 Å². The van der Waals surface area contributed by atoms with E-state index in [9.17, 15) is 0 Å². The van der Waals surface area contributed by atoms with Crippen LogP contribution in [-0.4, -0.2) is 74.0 Å². The van der Waals surface area contributed by atoms with Gasteiger partial charge in [-0.2, -0.15) is 0 Å².